The molecule has 0 aliphatic heterocycles. The van der Waals surface area contributed by atoms with Crippen molar-refractivity contribution in [1.29, 1.82) is 0 Å². The number of hydrogen-bond acceptors (Lipinski definition) is 3. The molecule has 1 heterocycles. The molecule has 0 saturated carbocycles. The highest BCUT2D eigenvalue weighted by Crippen LogP contribution is 2.19. The Morgan fingerprint density at radius 2 is 2.05 bits per heavy atom. The number of rotatable bonds is 5. The van der Waals surface area contributed by atoms with Gasteiger partial charge in [-0.25, -0.2) is 4.68 Å². The van der Waals surface area contributed by atoms with Crippen LogP contribution < -0.4 is 4.74 Å². The van der Waals surface area contributed by atoms with Crippen molar-refractivity contribution >= 4 is 5.91 Å². The number of benzene rings is 1. The van der Waals surface area contributed by atoms with E-state index >= 15 is 0 Å². The normalized spacial score (nSPS) is 10.5. The largest absolute Gasteiger partial charge is 0.483 e. The number of ether oxygens (including phenoxy) is 1. The van der Waals surface area contributed by atoms with Gasteiger partial charge in [0.15, 0.2) is 6.61 Å². The van der Waals surface area contributed by atoms with Gasteiger partial charge in [0.05, 0.1) is 5.69 Å². The fourth-order valence-corrected chi connectivity index (χ4v) is 2.52. The minimum absolute atomic E-state index is 0.0284. The molecule has 0 aliphatic carbocycles. The quantitative estimate of drug-likeness (QED) is 0.793. The van der Waals surface area contributed by atoms with E-state index in [0.29, 0.717) is 6.42 Å². The Balaban J connectivity index is 2.13. The number of allylic oxidation sites excluding steroid dienone is 1. The molecule has 0 atom stereocenters. The van der Waals surface area contributed by atoms with E-state index in [0.717, 1.165) is 28.3 Å². The van der Waals surface area contributed by atoms with Gasteiger partial charge in [-0.3, -0.25) is 4.79 Å². The van der Waals surface area contributed by atoms with Gasteiger partial charge in [0.2, 0.25) is 0 Å². The number of nitrogens with zero attached hydrogens (tertiary/aromatic N) is 2. The van der Waals surface area contributed by atoms with Gasteiger partial charge in [-0.05, 0) is 45.7 Å². The van der Waals surface area contributed by atoms with Crippen LogP contribution in [0.15, 0.2) is 30.9 Å². The molecule has 0 N–H and O–H groups in total. The molecule has 1 aromatic heterocycles. The second-order valence-electron chi connectivity index (χ2n) is 5.51. The summed E-state index contributed by atoms with van der Waals surface area (Å²) in [7, 11) is 0. The van der Waals surface area contributed by atoms with Crippen molar-refractivity contribution in [2.24, 2.45) is 0 Å². The first-order valence-corrected chi connectivity index (χ1v) is 7.33. The molecule has 0 unspecified atom stereocenters. The van der Waals surface area contributed by atoms with Crippen molar-refractivity contribution in [3.8, 4) is 5.75 Å². The smallest absolute Gasteiger partial charge is 0.284 e. The number of aryl methyl sites for hydroxylation is 3. The van der Waals surface area contributed by atoms with Crippen LogP contribution in [0, 0.1) is 27.7 Å². The third-order valence-electron chi connectivity index (χ3n) is 3.71. The summed E-state index contributed by atoms with van der Waals surface area (Å²) in [6, 6.07) is 5.89. The van der Waals surface area contributed by atoms with E-state index in [1.54, 1.807) is 0 Å². The average molecular weight is 298 g/mol. The maximum atomic E-state index is 12.3. The van der Waals surface area contributed by atoms with Crippen LogP contribution in [-0.4, -0.2) is 22.3 Å². The molecule has 0 amide bonds. The summed E-state index contributed by atoms with van der Waals surface area (Å²) in [6.07, 6.45) is 2.53. The van der Waals surface area contributed by atoms with E-state index in [4.69, 9.17) is 4.74 Å². The monoisotopic (exact) mass is 298 g/mol. The molecule has 0 bridgehead atoms. The van der Waals surface area contributed by atoms with Gasteiger partial charge in [-0.15, -0.1) is 6.58 Å². The summed E-state index contributed by atoms with van der Waals surface area (Å²) < 4.78 is 7.07. The van der Waals surface area contributed by atoms with E-state index in [2.05, 4.69) is 11.7 Å². The van der Waals surface area contributed by atoms with Gasteiger partial charge in [0.1, 0.15) is 5.75 Å². The van der Waals surface area contributed by atoms with Crippen LogP contribution in [0.5, 0.6) is 5.75 Å². The summed E-state index contributed by atoms with van der Waals surface area (Å²) in [5, 5.41) is 4.32. The van der Waals surface area contributed by atoms with Crippen LogP contribution in [0.2, 0.25) is 0 Å². The van der Waals surface area contributed by atoms with Gasteiger partial charge in [-0.2, -0.15) is 5.10 Å². The maximum absolute atomic E-state index is 12.3. The number of aromatic nitrogens is 2. The minimum atomic E-state index is -0.170. The molecule has 0 spiro atoms. The summed E-state index contributed by atoms with van der Waals surface area (Å²) in [5.74, 6) is 0.558. The van der Waals surface area contributed by atoms with Crippen molar-refractivity contribution in [2.45, 2.75) is 34.1 Å². The first kappa shape index (κ1) is 16.0. The molecule has 2 rings (SSSR count). The van der Waals surface area contributed by atoms with Crippen LogP contribution in [0.3, 0.4) is 0 Å². The predicted molar refractivity (Wildman–Crippen MR) is 87.6 cm³/mol. The summed E-state index contributed by atoms with van der Waals surface area (Å²) >= 11 is 0. The van der Waals surface area contributed by atoms with Crippen molar-refractivity contribution in [3.63, 3.8) is 0 Å². The zero-order chi connectivity index (χ0) is 16.3. The van der Waals surface area contributed by atoms with Gasteiger partial charge in [0, 0.05) is 11.3 Å². The van der Waals surface area contributed by atoms with Crippen LogP contribution >= 0.6 is 0 Å². The first-order valence-electron chi connectivity index (χ1n) is 7.33. The zero-order valence-electron chi connectivity index (χ0n) is 13.6. The summed E-state index contributed by atoms with van der Waals surface area (Å²) in [6.45, 7) is 11.5. The number of carbonyl (C=O) groups excluding carboxylic acids is 1. The topological polar surface area (TPSA) is 44.1 Å². The van der Waals surface area contributed by atoms with Crippen molar-refractivity contribution < 1.29 is 9.53 Å². The Morgan fingerprint density at radius 3 is 2.68 bits per heavy atom. The Labute approximate surface area is 131 Å². The molecule has 0 fully saturated rings. The maximum Gasteiger partial charge on any atom is 0.284 e. The van der Waals surface area contributed by atoms with Crippen molar-refractivity contribution in [3.05, 3.63) is 58.9 Å². The van der Waals surface area contributed by atoms with Gasteiger partial charge >= 0.3 is 0 Å². The molecule has 4 heteroatoms. The summed E-state index contributed by atoms with van der Waals surface area (Å²) in [5.41, 5.74) is 4.95. The Hall–Kier alpha value is -2.36. The molecule has 4 nitrogen and oxygen atoms in total. The highest BCUT2D eigenvalue weighted by atomic mass is 16.5. The number of carbonyl (C=O) groups is 1. The molecule has 0 radical (unpaired) electrons. The molecular weight excluding hydrogens is 276 g/mol. The third kappa shape index (κ3) is 3.27. The predicted octanol–water partition coefficient (Wildman–Crippen LogP) is 3.56. The lowest BCUT2D eigenvalue weighted by Crippen LogP contribution is -2.22. The van der Waals surface area contributed by atoms with E-state index in [9.17, 15) is 4.79 Å². The van der Waals surface area contributed by atoms with Crippen LogP contribution in [0.25, 0.3) is 0 Å². The lowest BCUT2D eigenvalue weighted by Gasteiger charge is -2.09. The lowest BCUT2D eigenvalue weighted by atomic mass is 10.1. The molecular formula is C18H22N2O2. The highest BCUT2D eigenvalue weighted by Gasteiger charge is 2.16. The lowest BCUT2D eigenvalue weighted by molar-refractivity contribution is 0.0817. The standard InChI is InChI=1S/C18H22N2O2/c1-6-7-16-14(4)19-20(15(16)5)18(21)11-22-17-9-8-12(2)10-13(17)3/h6,8-10H,1,7,11H2,2-5H3. The van der Waals surface area contributed by atoms with E-state index < -0.39 is 0 Å². The fourth-order valence-electron chi connectivity index (χ4n) is 2.52. The Kier molecular flexibility index (Phi) is 4.81. The van der Waals surface area contributed by atoms with Crippen LogP contribution in [-0.2, 0) is 6.42 Å². The molecule has 1 aromatic carbocycles. The van der Waals surface area contributed by atoms with E-state index in [-0.39, 0.29) is 12.5 Å². The molecule has 0 aliphatic rings. The SMILES string of the molecule is C=CCc1c(C)nn(C(=O)COc2ccc(C)cc2C)c1C. The molecule has 0 saturated heterocycles. The zero-order valence-corrected chi connectivity index (χ0v) is 13.6. The molecule has 22 heavy (non-hydrogen) atoms. The van der Waals surface area contributed by atoms with E-state index in [1.165, 1.54) is 10.2 Å². The summed E-state index contributed by atoms with van der Waals surface area (Å²) in [4.78, 5) is 12.3. The fraction of sp³-hybridized carbons (Fsp3) is 0.333. The Bertz CT molecular complexity index is 714. The van der Waals surface area contributed by atoms with Crippen LogP contribution in [0.1, 0.15) is 32.9 Å². The van der Waals surface area contributed by atoms with Gasteiger partial charge in [-0.1, -0.05) is 23.8 Å². The number of hydrogen-bond donors (Lipinski definition) is 0. The molecule has 2 aromatic rings. The Morgan fingerprint density at radius 1 is 1.32 bits per heavy atom. The third-order valence-corrected chi connectivity index (χ3v) is 3.71. The minimum Gasteiger partial charge on any atom is -0.483 e. The molecule has 116 valence electrons. The van der Waals surface area contributed by atoms with Gasteiger partial charge < -0.3 is 4.74 Å². The first-order chi connectivity index (χ1) is 10.4. The average Bonchev–Trinajstić information content (AvgIpc) is 2.74. The second kappa shape index (κ2) is 6.60. The van der Waals surface area contributed by atoms with Crippen molar-refractivity contribution in [2.75, 3.05) is 6.61 Å². The van der Waals surface area contributed by atoms with Gasteiger partial charge in [0.25, 0.3) is 5.91 Å². The van der Waals surface area contributed by atoms with E-state index in [1.807, 2.05) is 52.0 Å². The van der Waals surface area contributed by atoms with Crippen LogP contribution in [0.4, 0.5) is 0 Å². The van der Waals surface area contributed by atoms with Crippen molar-refractivity contribution in [1.82, 2.24) is 9.78 Å². The highest BCUT2D eigenvalue weighted by molar-refractivity contribution is 5.80. The second-order valence-corrected chi connectivity index (χ2v) is 5.51.